The van der Waals surface area contributed by atoms with E-state index in [2.05, 4.69) is 39.2 Å². The number of amides is 2. The lowest BCUT2D eigenvalue weighted by molar-refractivity contribution is -0.120. The molecule has 0 radical (unpaired) electrons. The van der Waals surface area contributed by atoms with Crippen molar-refractivity contribution in [2.24, 2.45) is 5.73 Å². The molecular weight excluding hydrogens is 344 g/mol. The van der Waals surface area contributed by atoms with Gasteiger partial charge in [0.1, 0.15) is 6.04 Å². The highest BCUT2D eigenvalue weighted by atomic mass is 35.5. The molecular formula is C17H27ClN2O3Si. The van der Waals surface area contributed by atoms with Crippen molar-refractivity contribution < 1.29 is 14.0 Å². The minimum absolute atomic E-state index is 0.0794. The van der Waals surface area contributed by atoms with E-state index in [4.69, 9.17) is 21.8 Å². The van der Waals surface area contributed by atoms with Crippen LogP contribution in [0.5, 0.6) is 0 Å². The van der Waals surface area contributed by atoms with Gasteiger partial charge in [0.05, 0.1) is 10.6 Å². The van der Waals surface area contributed by atoms with Crippen LogP contribution in [0, 0.1) is 0 Å². The smallest absolute Gasteiger partial charge is 0.253 e. The first-order valence-corrected chi connectivity index (χ1v) is 11.2. The molecule has 24 heavy (non-hydrogen) atoms. The van der Waals surface area contributed by atoms with Gasteiger partial charge in [-0.05, 0) is 36.7 Å². The zero-order chi connectivity index (χ0) is 18.5. The van der Waals surface area contributed by atoms with Gasteiger partial charge >= 0.3 is 0 Å². The molecule has 5 nitrogen and oxygen atoms in total. The van der Waals surface area contributed by atoms with Crippen molar-refractivity contribution in [3.63, 3.8) is 0 Å². The predicted octanol–water partition coefficient (Wildman–Crippen LogP) is 3.34. The van der Waals surface area contributed by atoms with Gasteiger partial charge in [0.2, 0.25) is 5.91 Å². The van der Waals surface area contributed by atoms with E-state index < -0.39 is 26.2 Å². The quantitative estimate of drug-likeness (QED) is 0.722. The molecule has 1 rings (SSSR count). The van der Waals surface area contributed by atoms with Crippen molar-refractivity contribution >= 4 is 31.7 Å². The highest BCUT2D eigenvalue weighted by molar-refractivity contribution is 6.74. The molecule has 2 amide bonds. The molecule has 134 valence electrons. The Morgan fingerprint density at radius 1 is 1.29 bits per heavy atom. The molecule has 0 fully saturated rings. The van der Waals surface area contributed by atoms with Crippen molar-refractivity contribution in [3.05, 3.63) is 34.9 Å². The van der Waals surface area contributed by atoms with Gasteiger partial charge in [0.15, 0.2) is 8.32 Å². The lowest BCUT2D eigenvalue weighted by Gasteiger charge is -2.36. The van der Waals surface area contributed by atoms with Gasteiger partial charge in [-0.3, -0.25) is 9.59 Å². The molecule has 0 aliphatic heterocycles. The van der Waals surface area contributed by atoms with Crippen molar-refractivity contribution in [2.45, 2.75) is 51.4 Å². The number of nitrogens with two attached hydrogens (primary N) is 1. The van der Waals surface area contributed by atoms with Crippen LogP contribution in [0.3, 0.4) is 0 Å². The molecule has 0 heterocycles. The number of benzene rings is 1. The van der Waals surface area contributed by atoms with Crippen LogP contribution in [-0.2, 0) is 9.22 Å². The van der Waals surface area contributed by atoms with Crippen LogP contribution in [0.2, 0.25) is 23.2 Å². The Bertz CT molecular complexity index is 600. The minimum Gasteiger partial charge on any atom is -0.417 e. The highest BCUT2D eigenvalue weighted by Crippen LogP contribution is 2.36. The SMILES string of the molecule is CC(C)(C)[Si](C)(C)OCC[C@H](NC(=O)c1ccccc1Cl)C(N)=O. The van der Waals surface area contributed by atoms with E-state index in [0.29, 0.717) is 23.6 Å². The number of carbonyl (C=O) groups excluding carboxylic acids is 2. The monoisotopic (exact) mass is 370 g/mol. The average Bonchev–Trinajstić information content (AvgIpc) is 2.45. The van der Waals surface area contributed by atoms with Crippen LogP contribution < -0.4 is 11.1 Å². The summed E-state index contributed by atoms with van der Waals surface area (Å²) in [5.41, 5.74) is 5.72. The van der Waals surface area contributed by atoms with Gasteiger partial charge in [-0.25, -0.2) is 0 Å². The first-order valence-electron chi connectivity index (χ1n) is 7.94. The minimum atomic E-state index is -1.91. The van der Waals surface area contributed by atoms with E-state index in [9.17, 15) is 9.59 Å². The average molecular weight is 371 g/mol. The summed E-state index contributed by atoms with van der Waals surface area (Å²) in [6.45, 7) is 11.1. The van der Waals surface area contributed by atoms with Gasteiger partial charge in [0, 0.05) is 6.61 Å². The fraction of sp³-hybridized carbons (Fsp3) is 0.529. The number of primary amides is 1. The summed E-state index contributed by atoms with van der Waals surface area (Å²) in [4.78, 5) is 23.9. The second kappa shape index (κ2) is 8.14. The van der Waals surface area contributed by atoms with E-state index in [1.165, 1.54) is 0 Å². The standard InChI is InChI=1S/C17H27ClN2O3Si/c1-17(2,3)24(4,5)23-11-10-14(15(19)21)20-16(22)12-8-6-7-9-13(12)18/h6-9,14H,10-11H2,1-5H3,(H2,19,21)(H,20,22)/t14-/m0/s1. The summed E-state index contributed by atoms with van der Waals surface area (Å²) in [5.74, 6) is -1.01. The number of hydrogen-bond donors (Lipinski definition) is 2. The zero-order valence-corrected chi connectivity index (χ0v) is 16.7. The predicted molar refractivity (Wildman–Crippen MR) is 99.7 cm³/mol. The Hall–Kier alpha value is -1.37. The molecule has 1 atom stereocenters. The molecule has 0 aliphatic rings. The fourth-order valence-corrected chi connectivity index (χ4v) is 3.10. The zero-order valence-electron chi connectivity index (χ0n) is 15.0. The Morgan fingerprint density at radius 2 is 1.88 bits per heavy atom. The van der Waals surface area contributed by atoms with Crippen LogP contribution >= 0.6 is 11.6 Å². The highest BCUT2D eigenvalue weighted by Gasteiger charge is 2.37. The molecule has 0 bridgehead atoms. The molecule has 7 heteroatoms. The summed E-state index contributed by atoms with van der Waals surface area (Å²) >= 11 is 6.00. The normalized spacial score (nSPS) is 13.4. The molecule has 0 unspecified atom stereocenters. The third-order valence-corrected chi connectivity index (χ3v) is 9.31. The Balaban J connectivity index is 2.68. The van der Waals surface area contributed by atoms with E-state index in [-0.39, 0.29) is 5.04 Å². The van der Waals surface area contributed by atoms with Crippen molar-refractivity contribution in [1.29, 1.82) is 0 Å². The van der Waals surface area contributed by atoms with E-state index in [1.54, 1.807) is 24.3 Å². The lowest BCUT2D eigenvalue weighted by Crippen LogP contribution is -2.47. The lowest BCUT2D eigenvalue weighted by atomic mass is 10.1. The molecule has 0 spiro atoms. The van der Waals surface area contributed by atoms with Gasteiger partial charge in [0.25, 0.3) is 5.91 Å². The third kappa shape index (κ3) is 5.61. The largest absolute Gasteiger partial charge is 0.417 e. The molecule has 1 aromatic carbocycles. The Kier molecular flexibility index (Phi) is 7.01. The maximum Gasteiger partial charge on any atom is 0.253 e. The summed E-state index contributed by atoms with van der Waals surface area (Å²) < 4.78 is 6.04. The fourth-order valence-electron chi connectivity index (χ4n) is 1.82. The topological polar surface area (TPSA) is 81.4 Å². The van der Waals surface area contributed by atoms with Gasteiger partial charge in [-0.2, -0.15) is 0 Å². The number of hydrogen-bond acceptors (Lipinski definition) is 3. The van der Waals surface area contributed by atoms with Crippen LogP contribution in [-0.4, -0.2) is 32.8 Å². The van der Waals surface area contributed by atoms with E-state index in [1.807, 2.05) is 0 Å². The van der Waals surface area contributed by atoms with Crippen LogP contribution in [0.25, 0.3) is 0 Å². The van der Waals surface area contributed by atoms with E-state index >= 15 is 0 Å². The van der Waals surface area contributed by atoms with Gasteiger partial charge in [-0.1, -0.05) is 44.5 Å². The number of carbonyl (C=O) groups is 2. The number of rotatable bonds is 7. The summed E-state index contributed by atoms with van der Waals surface area (Å²) in [5, 5.41) is 3.04. The molecule has 0 saturated heterocycles. The van der Waals surface area contributed by atoms with Crippen molar-refractivity contribution in [2.75, 3.05) is 6.61 Å². The first kappa shape index (κ1) is 20.7. The molecule has 0 aromatic heterocycles. The van der Waals surface area contributed by atoms with Crippen LogP contribution in [0.1, 0.15) is 37.6 Å². The van der Waals surface area contributed by atoms with Crippen LogP contribution in [0.4, 0.5) is 0 Å². The summed E-state index contributed by atoms with van der Waals surface area (Å²) in [7, 11) is -1.91. The maximum absolute atomic E-state index is 12.3. The van der Waals surface area contributed by atoms with Crippen LogP contribution in [0.15, 0.2) is 24.3 Å². The molecule has 1 aromatic rings. The molecule has 0 aliphatic carbocycles. The second-order valence-corrected chi connectivity index (χ2v) is 12.5. The maximum atomic E-state index is 12.3. The van der Waals surface area contributed by atoms with Gasteiger partial charge < -0.3 is 15.5 Å². The van der Waals surface area contributed by atoms with Crippen molar-refractivity contribution in [1.82, 2.24) is 5.32 Å². The molecule has 3 N–H and O–H groups in total. The van der Waals surface area contributed by atoms with Crippen molar-refractivity contribution in [3.8, 4) is 0 Å². The molecule has 0 saturated carbocycles. The Labute approximate surface area is 150 Å². The number of nitrogens with one attached hydrogen (secondary N) is 1. The Morgan fingerprint density at radius 3 is 2.38 bits per heavy atom. The van der Waals surface area contributed by atoms with Gasteiger partial charge in [-0.15, -0.1) is 0 Å². The summed E-state index contributed by atoms with van der Waals surface area (Å²) in [6, 6.07) is 5.87. The second-order valence-electron chi connectivity index (χ2n) is 7.31. The number of halogens is 1. The van der Waals surface area contributed by atoms with E-state index in [0.717, 1.165) is 0 Å². The third-order valence-electron chi connectivity index (χ3n) is 4.44. The first-order chi connectivity index (χ1) is 11.0. The summed E-state index contributed by atoms with van der Waals surface area (Å²) in [6.07, 6.45) is 0.331.